The van der Waals surface area contributed by atoms with Gasteiger partial charge in [-0.3, -0.25) is 0 Å². The first-order chi connectivity index (χ1) is 11.2. The van der Waals surface area contributed by atoms with E-state index in [1.54, 1.807) is 13.2 Å². The van der Waals surface area contributed by atoms with Gasteiger partial charge in [-0.15, -0.1) is 0 Å². The predicted molar refractivity (Wildman–Crippen MR) is 80.7 cm³/mol. The van der Waals surface area contributed by atoms with Crippen molar-refractivity contribution in [1.82, 2.24) is 20.3 Å². The zero-order chi connectivity index (χ0) is 15.8. The summed E-state index contributed by atoms with van der Waals surface area (Å²) in [5.41, 5.74) is 2.81. The molecule has 0 bridgehead atoms. The van der Waals surface area contributed by atoms with Crippen LogP contribution in [0, 0.1) is 6.92 Å². The van der Waals surface area contributed by atoms with E-state index >= 15 is 0 Å². The fraction of sp³-hybridized carbons (Fsp3) is 0.250. The third kappa shape index (κ3) is 2.50. The molecular formula is C16H14N4O3. The number of fused-ring (bicyclic) bond motifs is 1. The SMILES string of the molecule is CCc1ccc2occ(-c3nc(Cc4noc(C)n4)no3)c2c1. The Kier molecular flexibility index (Phi) is 3.18. The summed E-state index contributed by atoms with van der Waals surface area (Å²) in [6.07, 6.45) is 2.95. The fourth-order valence-corrected chi connectivity index (χ4v) is 2.45. The van der Waals surface area contributed by atoms with Crippen LogP contribution in [0.5, 0.6) is 0 Å². The van der Waals surface area contributed by atoms with Gasteiger partial charge in [0, 0.05) is 12.3 Å². The highest BCUT2D eigenvalue weighted by molar-refractivity contribution is 5.92. The van der Waals surface area contributed by atoms with Crippen molar-refractivity contribution in [3.05, 3.63) is 47.6 Å². The van der Waals surface area contributed by atoms with E-state index in [1.807, 2.05) is 12.1 Å². The monoisotopic (exact) mass is 310 g/mol. The molecule has 0 aliphatic heterocycles. The quantitative estimate of drug-likeness (QED) is 0.571. The molecule has 7 nitrogen and oxygen atoms in total. The first-order valence-corrected chi connectivity index (χ1v) is 7.35. The highest BCUT2D eigenvalue weighted by atomic mass is 16.5. The van der Waals surface area contributed by atoms with Crippen LogP contribution >= 0.6 is 0 Å². The molecule has 0 aliphatic carbocycles. The Morgan fingerprint density at radius 3 is 2.65 bits per heavy atom. The van der Waals surface area contributed by atoms with Crippen LogP contribution in [0.4, 0.5) is 0 Å². The number of hydrogen-bond acceptors (Lipinski definition) is 7. The summed E-state index contributed by atoms with van der Waals surface area (Å²) < 4.78 is 15.9. The average Bonchev–Trinajstić information content (AvgIpc) is 3.26. The molecule has 0 saturated carbocycles. The molecule has 7 heteroatoms. The molecular weight excluding hydrogens is 296 g/mol. The van der Waals surface area contributed by atoms with E-state index in [1.165, 1.54) is 5.56 Å². The summed E-state index contributed by atoms with van der Waals surface area (Å²) in [6.45, 7) is 3.85. The molecule has 0 unspecified atom stereocenters. The van der Waals surface area contributed by atoms with Crippen LogP contribution < -0.4 is 0 Å². The molecule has 23 heavy (non-hydrogen) atoms. The lowest BCUT2D eigenvalue weighted by molar-refractivity contribution is 0.387. The summed E-state index contributed by atoms with van der Waals surface area (Å²) in [5.74, 6) is 1.96. The molecule has 0 amide bonds. The summed E-state index contributed by atoms with van der Waals surface area (Å²) in [7, 11) is 0. The first kappa shape index (κ1) is 13.7. The topological polar surface area (TPSA) is 91.0 Å². The van der Waals surface area contributed by atoms with E-state index in [-0.39, 0.29) is 0 Å². The number of aryl methyl sites for hydroxylation is 2. The third-order valence-corrected chi connectivity index (χ3v) is 3.63. The maximum Gasteiger partial charge on any atom is 0.261 e. The van der Waals surface area contributed by atoms with Crippen molar-refractivity contribution >= 4 is 11.0 Å². The number of hydrogen-bond donors (Lipinski definition) is 0. The Morgan fingerprint density at radius 1 is 1.04 bits per heavy atom. The highest BCUT2D eigenvalue weighted by Gasteiger charge is 2.16. The molecule has 0 aliphatic rings. The van der Waals surface area contributed by atoms with Gasteiger partial charge < -0.3 is 13.5 Å². The van der Waals surface area contributed by atoms with Gasteiger partial charge in [0.05, 0.1) is 12.0 Å². The van der Waals surface area contributed by atoms with E-state index in [0.29, 0.717) is 29.9 Å². The van der Waals surface area contributed by atoms with Gasteiger partial charge in [-0.05, 0) is 24.1 Å². The van der Waals surface area contributed by atoms with Crippen molar-refractivity contribution in [2.45, 2.75) is 26.7 Å². The number of benzene rings is 1. The highest BCUT2D eigenvalue weighted by Crippen LogP contribution is 2.30. The molecule has 1 aromatic carbocycles. The fourth-order valence-electron chi connectivity index (χ4n) is 2.45. The standard InChI is InChI=1S/C16H14N4O3/c1-3-10-4-5-13-11(6-10)12(8-21-13)16-18-15(20-23-16)7-14-17-9(2)22-19-14/h4-6,8H,3,7H2,1-2H3. The molecule has 0 fully saturated rings. The second-order valence-corrected chi connectivity index (χ2v) is 5.26. The largest absolute Gasteiger partial charge is 0.463 e. The summed E-state index contributed by atoms with van der Waals surface area (Å²) in [5, 5.41) is 8.77. The number of furan rings is 1. The molecule has 3 heterocycles. The molecule has 116 valence electrons. The van der Waals surface area contributed by atoms with Gasteiger partial charge in [-0.25, -0.2) is 0 Å². The summed E-state index contributed by atoms with van der Waals surface area (Å²) in [4.78, 5) is 8.54. The van der Waals surface area contributed by atoms with Gasteiger partial charge in [0.2, 0.25) is 5.89 Å². The van der Waals surface area contributed by atoms with Crippen molar-refractivity contribution in [2.75, 3.05) is 0 Å². The van der Waals surface area contributed by atoms with Crippen LogP contribution in [0.2, 0.25) is 0 Å². The minimum absolute atomic E-state index is 0.358. The zero-order valence-electron chi connectivity index (χ0n) is 12.7. The Balaban J connectivity index is 1.68. The predicted octanol–water partition coefficient (Wildman–Crippen LogP) is 3.33. The van der Waals surface area contributed by atoms with Gasteiger partial charge in [0.1, 0.15) is 11.8 Å². The van der Waals surface area contributed by atoms with Gasteiger partial charge in [0.15, 0.2) is 11.6 Å². The lowest BCUT2D eigenvalue weighted by Gasteiger charge is -1.96. The molecule has 0 saturated heterocycles. The van der Waals surface area contributed by atoms with E-state index in [4.69, 9.17) is 13.5 Å². The van der Waals surface area contributed by atoms with Crippen LogP contribution in [0.1, 0.15) is 30.0 Å². The zero-order valence-corrected chi connectivity index (χ0v) is 12.7. The Bertz CT molecular complexity index is 967. The Morgan fingerprint density at radius 2 is 1.87 bits per heavy atom. The smallest absolute Gasteiger partial charge is 0.261 e. The number of rotatable bonds is 4. The minimum atomic E-state index is 0.358. The van der Waals surface area contributed by atoms with Gasteiger partial charge in [-0.2, -0.15) is 9.97 Å². The van der Waals surface area contributed by atoms with Crippen LogP contribution in [0.3, 0.4) is 0 Å². The lowest BCUT2D eigenvalue weighted by Crippen LogP contribution is -1.93. The van der Waals surface area contributed by atoms with Crippen molar-refractivity contribution < 1.29 is 13.5 Å². The average molecular weight is 310 g/mol. The molecule has 4 rings (SSSR count). The summed E-state index contributed by atoms with van der Waals surface area (Å²) >= 11 is 0. The van der Waals surface area contributed by atoms with Crippen molar-refractivity contribution in [3.63, 3.8) is 0 Å². The van der Waals surface area contributed by atoms with Crippen LogP contribution in [0.15, 0.2) is 37.9 Å². The minimum Gasteiger partial charge on any atom is -0.463 e. The maximum atomic E-state index is 5.57. The second kappa shape index (κ2) is 5.35. The maximum absolute atomic E-state index is 5.57. The molecule has 0 spiro atoms. The van der Waals surface area contributed by atoms with E-state index in [0.717, 1.165) is 23.0 Å². The van der Waals surface area contributed by atoms with Crippen LogP contribution in [0.25, 0.3) is 22.4 Å². The van der Waals surface area contributed by atoms with Gasteiger partial charge >= 0.3 is 0 Å². The van der Waals surface area contributed by atoms with Crippen molar-refractivity contribution in [1.29, 1.82) is 0 Å². The normalized spacial score (nSPS) is 11.4. The van der Waals surface area contributed by atoms with E-state index < -0.39 is 0 Å². The Hall–Kier alpha value is -2.96. The van der Waals surface area contributed by atoms with Crippen LogP contribution in [-0.4, -0.2) is 20.3 Å². The van der Waals surface area contributed by atoms with Crippen molar-refractivity contribution in [2.24, 2.45) is 0 Å². The molecule has 0 N–H and O–H groups in total. The van der Waals surface area contributed by atoms with Gasteiger partial charge in [0.25, 0.3) is 5.89 Å². The van der Waals surface area contributed by atoms with Gasteiger partial charge in [-0.1, -0.05) is 23.3 Å². The van der Waals surface area contributed by atoms with E-state index in [2.05, 4.69) is 33.3 Å². The molecule has 0 radical (unpaired) electrons. The number of aromatic nitrogens is 4. The second-order valence-electron chi connectivity index (χ2n) is 5.26. The van der Waals surface area contributed by atoms with Crippen molar-refractivity contribution in [3.8, 4) is 11.5 Å². The Labute approximate surface area is 131 Å². The number of nitrogens with zero attached hydrogens (tertiary/aromatic N) is 4. The van der Waals surface area contributed by atoms with Crippen LogP contribution in [-0.2, 0) is 12.8 Å². The molecule has 0 atom stereocenters. The van der Waals surface area contributed by atoms with E-state index in [9.17, 15) is 0 Å². The lowest BCUT2D eigenvalue weighted by atomic mass is 10.1. The third-order valence-electron chi connectivity index (χ3n) is 3.63. The molecule has 4 aromatic rings. The summed E-state index contributed by atoms with van der Waals surface area (Å²) in [6, 6.07) is 6.09. The first-order valence-electron chi connectivity index (χ1n) is 7.35. The molecule has 3 aromatic heterocycles.